The summed E-state index contributed by atoms with van der Waals surface area (Å²) < 4.78 is 16.2. The van der Waals surface area contributed by atoms with E-state index in [2.05, 4.69) is 23.5 Å². The van der Waals surface area contributed by atoms with Crippen molar-refractivity contribution in [3.63, 3.8) is 0 Å². The Kier molecular flexibility index (Phi) is 6.75. The number of methoxy groups -OCH3 is 3. The van der Waals surface area contributed by atoms with E-state index in [0.29, 0.717) is 22.9 Å². The van der Waals surface area contributed by atoms with E-state index in [9.17, 15) is 4.79 Å². The van der Waals surface area contributed by atoms with Gasteiger partial charge in [0.1, 0.15) is 0 Å². The Bertz CT molecular complexity index is 1070. The number of hydrogen-bond donors (Lipinski definition) is 1. The molecule has 0 aromatic heterocycles. The second kappa shape index (κ2) is 9.87. The molecule has 1 N–H and O–H groups in total. The van der Waals surface area contributed by atoms with Gasteiger partial charge in [-0.15, -0.1) is 11.8 Å². The molecule has 32 heavy (non-hydrogen) atoms. The first kappa shape index (κ1) is 21.9. The smallest absolute Gasteiger partial charge is 0.246 e. The lowest BCUT2D eigenvalue weighted by atomic mass is 10.1. The van der Waals surface area contributed by atoms with Gasteiger partial charge in [-0.05, 0) is 17.7 Å². The van der Waals surface area contributed by atoms with Crippen LogP contribution in [0.3, 0.4) is 0 Å². The third kappa shape index (κ3) is 4.34. The molecule has 0 fully saturated rings. The SMILES string of the molecule is COc1cc(NCC(=O)N2c3ccccc3SCC2c2ccccc2)cc(OC)c1OC. The number of nitrogens with one attached hydrogen (secondary N) is 1. The molecule has 1 aliphatic rings. The maximum Gasteiger partial charge on any atom is 0.246 e. The molecule has 1 aliphatic heterocycles. The molecular weight excluding hydrogens is 424 g/mol. The van der Waals surface area contributed by atoms with Crippen molar-refractivity contribution in [1.29, 1.82) is 0 Å². The highest BCUT2D eigenvalue weighted by Gasteiger charge is 2.32. The summed E-state index contributed by atoms with van der Waals surface area (Å²) in [4.78, 5) is 16.5. The number of carbonyl (C=O) groups excluding carboxylic acids is 1. The van der Waals surface area contributed by atoms with Crippen molar-refractivity contribution in [3.05, 3.63) is 72.3 Å². The molecule has 7 heteroatoms. The number of amides is 1. The van der Waals surface area contributed by atoms with Gasteiger partial charge in [0, 0.05) is 28.5 Å². The standard InChI is InChI=1S/C25H26N2O4S/c1-29-21-13-18(14-22(30-2)25(21)31-3)26-15-24(28)27-19-11-7-8-12-23(19)32-16-20(27)17-9-5-4-6-10-17/h4-14,20,26H,15-16H2,1-3H3. The maximum atomic E-state index is 13.5. The van der Waals surface area contributed by atoms with Gasteiger partial charge in [-0.25, -0.2) is 0 Å². The fourth-order valence-electron chi connectivity index (χ4n) is 3.86. The van der Waals surface area contributed by atoms with Gasteiger partial charge in [0.2, 0.25) is 11.7 Å². The summed E-state index contributed by atoms with van der Waals surface area (Å²) in [6.07, 6.45) is 0. The van der Waals surface area contributed by atoms with Gasteiger partial charge in [0.25, 0.3) is 0 Å². The van der Waals surface area contributed by atoms with E-state index in [4.69, 9.17) is 14.2 Å². The number of nitrogens with zero attached hydrogens (tertiary/aromatic N) is 1. The van der Waals surface area contributed by atoms with Crippen molar-refractivity contribution < 1.29 is 19.0 Å². The van der Waals surface area contributed by atoms with Crippen molar-refractivity contribution in [1.82, 2.24) is 0 Å². The first-order valence-corrected chi connectivity index (χ1v) is 11.3. The Morgan fingerprint density at radius 2 is 1.62 bits per heavy atom. The van der Waals surface area contributed by atoms with Crippen LogP contribution in [-0.2, 0) is 4.79 Å². The third-order valence-electron chi connectivity index (χ3n) is 5.39. The lowest BCUT2D eigenvalue weighted by Gasteiger charge is -2.37. The number of fused-ring (bicyclic) bond motifs is 1. The minimum atomic E-state index is -0.0367. The summed E-state index contributed by atoms with van der Waals surface area (Å²) in [5, 5.41) is 3.23. The van der Waals surface area contributed by atoms with Gasteiger partial charge in [0.05, 0.1) is 39.6 Å². The van der Waals surface area contributed by atoms with Gasteiger partial charge >= 0.3 is 0 Å². The van der Waals surface area contributed by atoms with Crippen LogP contribution in [0.2, 0.25) is 0 Å². The molecule has 0 saturated carbocycles. The molecule has 3 aromatic carbocycles. The maximum absolute atomic E-state index is 13.5. The van der Waals surface area contributed by atoms with Crippen LogP contribution < -0.4 is 24.4 Å². The van der Waals surface area contributed by atoms with Crippen molar-refractivity contribution in [2.45, 2.75) is 10.9 Å². The molecular formula is C25H26N2O4S. The van der Waals surface area contributed by atoms with E-state index in [1.54, 1.807) is 45.2 Å². The topological polar surface area (TPSA) is 60.0 Å². The predicted molar refractivity (Wildman–Crippen MR) is 128 cm³/mol. The van der Waals surface area contributed by atoms with Gasteiger partial charge in [-0.3, -0.25) is 4.79 Å². The quantitative estimate of drug-likeness (QED) is 0.546. The van der Waals surface area contributed by atoms with E-state index < -0.39 is 0 Å². The summed E-state index contributed by atoms with van der Waals surface area (Å²) in [7, 11) is 4.70. The zero-order valence-corrected chi connectivity index (χ0v) is 19.1. The average molecular weight is 451 g/mol. The van der Waals surface area contributed by atoms with Crippen LogP contribution in [0.1, 0.15) is 11.6 Å². The Labute approximate surface area is 192 Å². The summed E-state index contributed by atoms with van der Waals surface area (Å²) >= 11 is 1.78. The second-order valence-corrected chi connectivity index (χ2v) is 8.30. The molecule has 1 atom stereocenters. The van der Waals surface area contributed by atoms with E-state index in [1.807, 2.05) is 41.3 Å². The Morgan fingerprint density at radius 3 is 2.28 bits per heavy atom. The van der Waals surface area contributed by atoms with Crippen molar-refractivity contribution in [2.75, 3.05) is 43.8 Å². The molecule has 1 heterocycles. The van der Waals surface area contributed by atoms with E-state index in [-0.39, 0.29) is 18.5 Å². The Balaban J connectivity index is 1.61. The molecule has 6 nitrogen and oxygen atoms in total. The van der Waals surface area contributed by atoms with Gasteiger partial charge in [0.15, 0.2) is 11.5 Å². The van der Waals surface area contributed by atoms with Crippen LogP contribution in [0.15, 0.2) is 71.6 Å². The normalized spacial score (nSPS) is 15.0. The highest BCUT2D eigenvalue weighted by molar-refractivity contribution is 7.99. The monoisotopic (exact) mass is 450 g/mol. The molecule has 1 unspecified atom stereocenters. The van der Waals surface area contributed by atoms with Crippen molar-refractivity contribution in [3.8, 4) is 17.2 Å². The van der Waals surface area contributed by atoms with Crippen LogP contribution in [-0.4, -0.2) is 39.5 Å². The summed E-state index contributed by atoms with van der Waals surface area (Å²) in [6.45, 7) is 0.126. The molecule has 0 bridgehead atoms. The Morgan fingerprint density at radius 1 is 0.969 bits per heavy atom. The average Bonchev–Trinajstić information content (AvgIpc) is 2.86. The number of benzene rings is 3. The minimum absolute atomic E-state index is 0.0136. The lowest BCUT2D eigenvalue weighted by Crippen LogP contribution is -2.41. The van der Waals surface area contributed by atoms with Crippen LogP contribution in [0.25, 0.3) is 0 Å². The number of ether oxygens (including phenoxy) is 3. The van der Waals surface area contributed by atoms with Crippen LogP contribution in [0.5, 0.6) is 17.2 Å². The summed E-state index contributed by atoms with van der Waals surface area (Å²) in [6, 6.07) is 21.8. The van der Waals surface area contributed by atoms with Crippen LogP contribution >= 0.6 is 11.8 Å². The molecule has 4 rings (SSSR count). The van der Waals surface area contributed by atoms with Crippen molar-refractivity contribution >= 4 is 29.0 Å². The third-order valence-corrected chi connectivity index (χ3v) is 6.53. The van der Waals surface area contributed by atoms with Gasteiger partial charge < -0.3 is 24.4 Å². The number of rotatable bonds is 7. The molecule has 0 saturated heterocycles. The highest BCUT2D eigenvalue weighted by atomic mass is 32.2. The fraction of sp³-hybridized carbons (Fsp3) is 0.240. The molecule has 166 valence electrons. The first-order chi connectivity index (χ1) is 15.7. The van der Waals surface area contributed by atoms with Crippen molar-refractivity contribution in [2.24, 2.45) is 0 Å². The van der Waals surface area contributed by atoms with Crippen LogP contribution in [0.4, 0.5) is 11.4 Å². The molecule has 1 amide bonds. The summed E-state index contributed by atoms with van der Waals surface area (Å²) in [5.41, 5.74) is 2.77. The first-order valence-electron chi connectivity index (χ1n) is 10.3. The van der Waals surface area contributed by atoms with Gasteiger partial charge in [-0.1, -0.05) is 42.5 Å². The minimum Gasteiger partial charge on any atom is -0.493 e. The van der Waals surface area contributed by atoms with E-state index in [0.717, 1.165) is 21.9 Å². The van der Waals surface area contributed by atoms with Gasteiger partial charge in [-0.2, -0.15) is 0 Å². The fourth-order valence-corrected chi connectivity index (χ4v) is 5.03. The number of carbonyl (C=O) groups is 1. The zero-order chi connectivity index (χ0) is 22.5. The number of para-hydroxylation sites is 1. The zero-order valence-electron chi connectivity index (χ0n) is 18.3. The molecule has 3 aromatic rings. The predicted octanol–water partition coefficient (Wildman–Crippen LogP) is 5.00. The van der Waals surface area contributed by atoms with E-state index >= 15 is 0 Å². The molecule has 0 radical (unpaired) electrons. The summed E-state index contributed by atoms with van der Waals surface area (Å²) in [5.74, 6) is 2.36. The highest BCUT2D eigenvalue weighted by Crippen LogP contribution is 2.43. The molecule has 0 aliphatic carbocycles. The number of anilines is 2. The number of thioether (sulfide) groups is 1. The molecule has 0 spiro atoms. The second-order valence-electron chi connectivity index (χ2n) is 7.24. The lowest BCUT2D eigenvalue weighted by molar-refractivity contribution is -0.117. The largest absolute Gasteiger partial charge is 0.493 e. The number of hydrogen-bond acceptors (Lipinski definition) is 6. The van der Waals surface area contributed by atoms with Crippen LogP contribution in [0, 0.1) is 0 Å². The Hall–Kier alpha value is -3.32. The van der Waals surface area contributed by atoms with E-state index in [1.165, 1.54) is 0 Å².